The molecule has 22 heavy (non-hydrogen) atoms. The van der Waals surface area contributed by atoms with Gasteiger partial charge in [0, 0.05) is 19.9 Å². The molecule has 1 amide bonds. The zero-order valence-corrected chi connectivity index (χ0v) is 15.3. The third-order valence-corrected chi connectivity index (χ3v) is 8.58. The second-order valence-corrected chi connectivity index (χ2v) is 10.1. The average molecular weight is 387 g/mol. The summed E-state index contributed by atoms with van der Waals surface area (Å²) in [5.74, 6) is 2.59. The Bertz CT molecular complexity index is 548. The minimum absolute atomic E-state index is 0.0400. The van der Waals surface area contributed by atoms with E-state index in [1.54, 1.807) is 7.11 Å². The van der Waals surface area contributed by atoms with Gasteiger partial charge in [-0.15, -0.1) is 0 Å². The minimum atomic E-state index is -0.319. The maximum atomic E-state index is 13.0. The molecule has 4 fully saturated rings. The van der Waals surface area contributed by atoms with E-state index in [4.69, 9.17) is 4.74 Å². The number of amides is 1. The number of hydrogen-bond donors (Lipinski definition) is 1. The van der Waals surface area contributed by atoms with Crippen LogP contribution in [0.4, 0.5) is 0 Å². The van der Waals surface area contributed by atoms with Gasteiger partial charge >= 0.3 is 0 Å². The number of ether oxygens (including phenoxy) is 1. The number of rotatable bonds is 5. The molecule has 4 aliphatic carbocycles. The lowest BCUT2D eigenvalue weighted by Gasteiger charge is -2.31. The SMILES string of the molecule is COCCN1C=C(Br)S(NC(=O)C23CC4CC(CC2C4)C3)=C1. The molecule has 0 aromatic rings. The van der Waals surface area contributed by atoms with Gasteiger partial charge in [-0.1, -0.05) is 0 Å². The Morgan fingerprint density at radius 3 is 2.86 bits per heavy atom. The van der Waals surface area contributed by atoms with Gasteiger partial charge in [0.15, 0.2) is 0 Å². The molecule has 1 aliphatic heterocycles. The first-order valence-electron chi connectivity index (χ1n) is 8.12. The summed E-state index contributed by atoms with van der Waals surface area (Å²) in [6.45, 7) is 1.51. The lowest BCUT2D eigenvalue weighted by atomic mass is 9.75. The number of carbonyl (C=O) groups excluding carboxylic acids is 1. The van der Waals surface area contributed by atoms with Crippen LogP contribution < -0.4 is 4.72 Å². The van der Waals surface area contributed by atoms with Crippen LogP contribution in [0.2, 0.25) is 0 Å². The largest absolute Gasteiger partial charge is 0.383 e. The molecule has 0 aromatic heterocycles. The van der Waals surface area contributed by atoms with Crippen LogP contribution in [0, 0.1) is 23.2 Å². The quantitative estimate of drug-likeness (QED) is 0.738. The van der Waals surface area contributed by atoms with Crippen molar-refractivity contribution >= 4 is 38.0 Å². The Hall–Kier alpha value is -0.330. The monoisotopic (exact) mass is 386 g/mol. The molecule has 5 aliphatic rings. The average Bonchev–Trinajstić information content (AvgIpc) is 3.04. The number of methoxy groups -OCH3 is 1. The van der Waals surface area contributed by atoms with Crippen LogP contribution in [0.3, 0.4) is 0 Å². The van der Waals surface area contributed by atoms with Gasteiger partial charge in [-0.2, -0.15) is 0 Å². The van der Waals surface area contributed by atoms with Crippen molar-refractivity contribution in [3.63, 3.8) is 0 Å². The number of hydrogen-bond acceptors (Lipinski definition) is 3. The lowest BCUT2D eigenvalue weighted by molar-refractivity contribution is -0.130. The van der Waals surface area contributed by atoms with Crippen molar-refractivity contribution in [1.29, 1.82) is 0 Å². The van der Waals surface area contributed by atoms with E-state index < -0.39 is 0 Å². The van der Waals surface area contributed by atoms with Crippen molar-refractivity contribution in [3.8, 4) is 0 Å². The van der Waals surface area contributed by atoms with E-state index in [2.05, 4.69) is 37.2 Å². The van der Waals surface area contributed by atoms with E-state index in [0.717, 1.165) is 35.0 Å². The van der Waals surface area contributed by atoms with Crippen molar-refractivity contribution in [2.45, 2.75) is 32.1 Å². The van der Waals surface area contributed by atoms with E-state index in [1.165, 1.54) is 19.3 Å². The number of carbonyl (C=O) groups is 1. The van der Waals surface area contributed by atoms with Crippen LogP contribution in [0.25, 0.3) is 0 Å². The molecule has 0 aromatic carbocycles. The van der Waals surface area contributed by atoms with Gasteiger partial charge in [0.1, 0.15) is 0 Å². The zero-order chi connectivity index (χ0) is 15.3. The van der Waals surface area contributed by atoms with Crippen LogP contribution >= 0.6 is 26.6 Å². The number of halogens is 1. The van der Waals surface area contributed by atoms with Crippen LogP contribution in [0.5, 0.6) is 0 Å². The molecule has 1 heterocycles. The molecule has 6 heteroatoms. The second-order valence-electron chi connectivity index (χ2n) is 7.24. The van der Waals surface area contributed by atoms with Crippen LogP contribution in [-0.4, -0.2) is 36.6 Å². The van der Waals surface area contributed by atoms with Crippen LogP contribution in [0.15, 0.2) is 10.0 Å². The van der Waals surface area contributed by atoms with Gasteiger partial charge < -0.3 is 9.64 Å². The summed E-state index contributed by atoms with van der Waals surface area (Å²) < 4.78 is 9.50. The molecule has 1 N–H and O–H groups in total. The van der Waals surface area contributed by atoms with E-state index in [-0.39, 0.29) is 16.1 Å². The Morgan fingerprint density at radius 2 is 2.18 bits per heavy atom. The first-order valence-corrected chi connectivity index (χ1v) is 10.2. The molecule has 0 spiro atoms. The molecule has 122 valence electrons. The fourth-order valence-electron chi connectivity index (χ4n) is 5.16. The van der Waals surface area contributed by atoms with Gasteiger partial charge in [-0.25, -0.2) is 0 Å². The number of nitrogens with one attached hydrogen (secondary N) is 1. The van der Waals surface area contributed by atoms with Crippen molar-refractivity contribution < 1.29 is 9.53 Å². The molecule has 4 nitrogen and oxygen atoms in total. The zero-order valence-electron chi connectivity index (χ0n) is 12.9. The molecule has 5 rings (SSSR count). The van der Waals surface area contributed by atoms with Gasteiger partial charge in [0.05, 0.1) is 21.3 Å². The molecular weight excluding hydrogens is 364 g/mol. The lowest BCUT2D eigenvalue weighted by Crippen LogP contribution is -2.40. The van der Waals surface area contributed by atoms with E-state index in [9.17, 15) is 4.79 Å². The Labute approximate surface area is 142 Å². The highest BCUT2D eigenvalue weighted by Gasteiger charge is 2.61. The first-order chi connectivity index (χ1) is 10.6. The molecule has 3 unspecified atom stereocenters. The van der Waals surface area contributed by atoms with Crippen LogP contribution in [0.1, 0.15) is 32.1 Å². The topological polar surface area (TPSA) is 41.6 Å². The van der Waals surface area contributed by atoms with E-state index in [0.29, 0.717) is 18.4 Å². The summed E-state index contributed by atoms with van der Waals surface area (Å²) in [5.41, 5.74) is 2.07. The van der Waals surface area contributed by atoms with Crippen molar-refractivity contribution in [3.05, 3.63) is 10.0 Å². The summed E-state index contributed by atoms with van der Waals surface area (Å²) in [6, 6.07) is 0. The highest BCUT2D eigenvalue weighted by atomic mass is 79.9. The highest BCUT2D eigenvalue weighted by Crippen LogP contribution is 2.65. The predicted octanol–water partition coefficient (Wildman–Crippen LogP) is 3.03. The number of nitrogens with zero attached hydrogens (tertiary/aromatic N) is 1. The molecular formula is C16H23BrN2O2S. The van der Waals surface area contributed by atoms with Crippen molar-refractivity contribution in [2.24, 2.45) is 23.2 Å². The van der Waals surface area contributed by atoms with Gasteiger partial charge in [0.25, 0.3) is 0 Å². The summed E-state index contributed by atoms with van der Waals surface area (Å²) in [5, 5.41) is 0. The Morgan fingerprint density at radius 1 is 1.45 bits per heavy atom. The Kier molecular flexibility index (Phi) is 3.90. The predicted molar refractivity (Wildman–Crippen MR) is 93.4 cm³/mol. The second kappa shape index (κ2) is 5.64. The summed E-state index contributed by atoms with van der Waals surface area (Å²) in [6.07, 6.45) is 8.27. The van der Waals surface area contributed by atoms with Crippen molar-refractivity contribution in [1.82, 2.24) is 9.62 Å². The maximum absolute atomic E-state index is 13.0. The summed E-state index contributed by atoms with van der Waals surface area (Å²) >= 11 is 3.61. The molecule has 4 saturated carbocycles. The third kappa shape index (κ3) is 2.38. The first kappa shape index (κ1) is 15.2. The van der Waals surface area contributed by atoms with Gasteiger partial charge in [0.2, 0.25) is 5.91 Å². The highest BCUT2D eigenvalue weighted by molar-refractivity contribution is 9.14. The van der Waals surface area contributed by atoms with Crippen LogP contribution in [-0.2, 0) is 9.53 Å². The van der Waals surface area contributed by atoms with E-state index in [1.807, 2.05) is 0 Å². The molecule has 0 saturated heterocycles. The Balaban J connectivity index is 1.46. The minimum Gasteiger partial charge on any atom is -0.383 e. The molecule has 3 atom stereocenters. The third-order valence-electron chi connectivity index (χ3n) is 5.92. The maximum Gasteiger partial charge on any atom is 0.236 e. The molecule has 4 bridgehead atoms. The smallest absolute Gasteiger partial charge is 0.236 e. The molecule has 0 radical (unpaired) electrons. The fourth-order valence-corrected chi connectivity index (χ4v) is 7.26. The van der Waals surface area contributed by atoms with E-state index >= 15 is 0 Å². The standard InChI is InChI=1S/C16H23BrN2O2S/c1-21-3-2-19-9-14(17)22(10-19)18-15(20)16-7-11-4-12(8-16)6-13(16)5-11/h9-13H,2-8H2,1H3,(H,18,20). The van der Waals surface area contributed by atoms with Gasteiger partial charge in [-0.3, -0.25) is 9.52 Å². The summed E-state index contributed by atoms with van der Waals surface area (Å²) in [4.78, 5) is 15.1. The normalized spacial score (nSPS) is 41.7. The van der Waals surface area contributed by atoms with Gasteiger partial charge in [-0.05, 0) is 76.5 Å². The summed E-state index contributed by atoms with van der Waals surface area (Å²) in [7, 11) is 1.39. The fraction of sp³-hybridized carbons (Fsp3) is 0.750. The van der Waals surface area contributed by atoms with Crippen molar-refractivity contribution in [2.75, 3.05) is 20.3 Å².